The highest BCUT2D eigenvalue weighted by molar-refractivity contribution is 5.78. The van der Waals surface area contributed by atoms with E-state index in [1.54, 1.807) is 13.0 Å². The van der Waals surface area contributed by atoms with Crippen LogP contribution in [0.3, 0.4) is 0 Å². The van der Waals surface area contributed by atoms with Crippen molar-refractivity contribution in [3.63, 3.8) is 0 Å². The molecule has 3 aromatic rings. The second-order valence-electron chi connectivity index (χ2n) is 7.19. The molecule has 0 saturated carbocycles. The third-order valence-corrected chi connectivity index (χ3v) is 4.94. The number of ether oxygens (including phenoxy) is 1. The van der Waals surface area contributed by atoms with Crippen LogP contribution in [0.2, 0.25) is 0 Å². The first-order chi connectivity index (χ1) is 16.0. The standard InChI is InChI=1S/C21H22F3N5O2.C2H6/c1-13-2-5-17(16(23)12-13)26-19-14(3-4-15(22)18(19)24)20-27-28-21(31-20)25-6-7-29-8-10-30-11-9-29;1-2/h2-5,12,26H,6-11H2,1H3,(H,25,28);1-2H3. The molecule has 1 saturated heterocycles. The molecule has 2 aromatic carbocycles. The van der Waals surface area contributed by atoms with Gasteiger partial charge in [-0.25, -0.2) is 13.2 Å². The smallest absolute Gasteiger partial charge is 0.315 e. The highest BCUT2D eigenvalue weighted by atomic mass is 19.2. The zero-order valence-corrected chi connectivity index (χ0v) is 18.9. The van der Waals surface area contributed by atoms with E-state index in [2.05, 4.69) is 25.7 Å². The molecule has 4 rings (SSSR count). The average Bonchev–Trinajstić information content (AvgIpc) is 3.29. The summed E-state index contributed by atoms with van der Waals surface area (Å²) in [5.41, 5.74) is 0.534. The van der Waals surface area contributed by atoms with Crippen molar-refractivity contribution in [1.29, 1.82) is 0 Å². The van der Waals surface area contributed by atoms with Crippen molar-refractivity contribution in [3.05, 3.63) is 53.3 Å². The fourth-order valence-corrected chi connectivity index (χ4v) is 3.26. The molecule has 0 aliphatic carbocycles. The lowest BCUT2D eigenvalue weighted by Gasteiger charge is -2.26. The number of rotatable bonds is 7. The van der Waals surface area contributed by atoms with Crippen LogP contribution < -0.4 is 10.6 Å². The first-order valence-corrected chi connectivity index (χ1v) is 10.9. The van der Waals surface area contributed by atoms with Crippen LogP contribution in [-0.4, -0.2) is 54.5 Å². The van der Waals surface area contributed by atoms with E-state index >= 15 is 0 Å². The minimum absolute atomic E-state index is 0.000255. The number of benzene rings is 2. The van der Waals surface area contributed by atoms with Crippen LogP contribution >= 0.6 is 0 Å². The normalized spacial score (nSPS) is 13.9. The molecule has 10 heteroatoms. The Morgan fingerprint density at radius 3 is 2.48 bits per heavy atom. The fourth-order valence-electron chi connectivity index (χ4n) is 3.26. The number of hydrogen-bond donors (Lipinski definition) is 2. The van der Waals surface area contributed by atoms with Gasteiger partial charge in [0.15, 0.2) is 11.6 Å². The Morgan fingerprint density at radius 2 is 1.76 bits per heavy atom. The highest BCUT2D eigenvalue weighted by Crippen LogP contribution is 2.34. The Bertz CT molecular complexity index is 1050. The van der Waals surface area contributed by atoms with E-state index in [0.717, 1.165) is 25.7 Å². The van der Waals surface area contributed by atoms with Crippen LogP contribution in [0, 0.1) is 24.4 Å². The summed E-state index contributed by atoms with van der Waals surface area (Å²) < 4.78 is 53.6. The molecule has 178 valence electrons. The molecule has 0 bridgehead atoms. The molecule has 0 amide bonds. The van der Waals surface area contributed by atoms with Crippen molar-refractivity contribution >= 4 is 17.4 Å². The lowest BCUT2D eigenvalue weighted by molar-refractivity contribution is 0.0398. The van der Waals surface area contributed by atoms with Crippen LogP contribution in [0.5, 0.6) is 0 Å². The van der Waals surface area contributed by atoms with Gasteiger partial charge < -0.3 is 19.8 Å². The number of hydrogen-bond acceptors (Lipinski definition) is 7. The van der Waals surface area contributed by atoms with E-state index in [9.17, 15) is 13.2 Å². The Labute approximate surface area is 191 Å². The molecule has 0 atom stereocenters. The molecule has 0 radical (unpaired) electrons. The van der Waals surface area contributed by atoms with Gasteiger partial charge in [-0.1, -0.05) is 25.0 Å². The Kier molecular flexibility index (Phi) is 8.67. The summed E-state index contributed by atoms with van der Waals surface area (Å²) in [6, 6.07) is 6.81. The molecule has 2 heterocycles. The van der Waals surface area contributed by atoms with Crippen molar-refractivity contribution in [2.24, 2.45) is 0 Å². The number of aromatic nitrogens is 2. The molecule has 1 aliphatic rings. The Hall–Kier alpha value is -3.11. The van der Waals surface area contributed by atoms with Crippen molar-refractivity contribution in [2.75, 3.05) is 50.0 Å². The number of morpholine rings is 1. The van der Waals surface area contributed by atoms with Crippen molar-refractivity contribution in [3.8, 4) is 11.5 Å². The van der Waals surface area contributed by atoms with Gasteiger partial charge >= 0.3 is 6.01 Å². The highest BCUT2D eigenvalue weighted by Gasteiger charge is 2.21. The topological polar surface area (TPSA) is 75.5 Å². The lowest BCUT2D eigenvalue weighted by atomic mass is 10.1. The van der Waals surface area contributed by atoms with E-state index in [-0.39, 0.29) is 28.8 Å². The molecular weight excluding hydrogens is 435 g/mol. The van der Waals surface area contributed by atoms with Gasteiger partial charge in [0.1, 0.15) is 5.82 Å². The zero-order chi connectivity index (χ0) is 23.8. The van der Waals surface area contributed by atoms with E-state index in [0.29, 0.717) is 25.3 Å². The third-order valence-electron chi connectivity index (χ3n) is 4.94. The second kappa shape index (κ2) is 11.7. The van der Waals surface area contributed by atoms with E-state index in [1.807, 2.05) is 13.8 Å². The van der Waals surface area contributed by atoms with E-state index in [1.165, 1.54) is 18.2 Å². The van der Waals surface area contributed by atoms with Gasteiger partial charge in [-0.05, 0) is 36.8 Å². The average molecular weight is 464 g/mol. The van der Waals surface area contributed by atoms with Crippen LogP contribution in [0.15, 0.2) is 34.7 Å². The second-order valence-corrected chi connectivity index (χ2v) is 7.19. The number of aryl methyl sites for hydroxylation is 1. The summed E-state index contributed by atoms with van der Waals surface area (Å²) in [7, 11) is 0. The first-order valence-electron chi connectivity index (χ1n) is 10.9. The number of anilines is 3. The predicted octanol–water partition coefficient (Wildman–Crippen LogP) is 4.98. The fraction of sp³-hybridized carbons (Fsp3) is 0.391. The van der Waals surface area contributed by atoms with Crippen molar-refractivity contribution < 1.29 is 22.3 Å². The van der Waals surface area contributed by atoms with Gasteiger partial charge in [0, 0.05) is 26.2 Å². The molecule has 1 aliphatic heterocycles. The summed E-state index contributed by atoms with van der Waals surface area (Å²) >= 11 is 0. The molecule has 33 heavy (non-hydrogen) atoms. The third kappa shape index (κ3) is 6.23. The Morgan fingerprint density at radius 1 is 1.00 bits per heavy atom. The van der Waals surface area contributed by atoms with E-state index < -0.39 is 17.5 Å². The maximum atomic E-state index is 14.6. The number of halogens is 3. The van der Waals surface area contributed by atoms with Crippen LogP contribution in [0.1, 0.15) is 19.4 Å². The first kappa shape index (κ1) is 24.5. The SMILES string of the molecule is CC.Cc1ccc(Nc2c(-c3nnc(NCCN4CCOCC4)o3)ccc(F)c2F)c(F)c1. The predicted molar refractivity (Wildman–Crippen MR) is 121 cm³/mol. The van der Waals surface area contributed by atoms with Gasteiger partial charge in [-0.15, -0.1) is 5.10 Å². The molecule has 0 unspecified atom stereocenters. The number of nitrogens with one attached hydrogen (secondary N) is 2. The summed E-state index contributed by atoms with van der Waals surface area (Å²) in [4.78, 5) is 2.24. The monoisotopic (exact) mass is 463 g/mol. The molecule has 7 nitrogen and oxygen atoms in total. The van der Waals surface area contributed by atoms with Crippen LogP contribution in [-0.2, 0) is 4.74 Å². The van der Waals surface area contributed by atoms with Gasteiger partial charge in [0.2, 0.25) is 0 Å². The summed E-state index contributed by atoms with van der Waals surface area (Å²) in [5.74, 6) is -2.87. The molecule has 2 N–H and O–H groups in total. The van der Waals surface area contributed by atoms with Crippen molar-refractivity contribution in [2.45, 2.75) is 20.8 Å². The molecule has 1 aromatic heterocycles. The van der Waals surface area contributed by atoms with Gasteiger partial charge in [0.05, 0.1) is 30.2 Å². The van der Waals surface area contributed by atoms with Crippen LogP contribution in [0.25, 0.3) is 11.5 Å². The number of nitrogens with zero attached hydrogens (tertiary/aromatic N) is 3. The van der Waals surface area contributed by atoms with E-state index in [4.69, 9.17) is 9.15 Å². The molecule has 1 fully saturated rings. The summed E-state index contributed by atoms with van der Waals surface area (Å²) in [6.45, 7) is 10.2. The van der Waals surface area contributed by atoms with Gasteiger partial charge in [-0.3, -0.25) is 4.90 Å². The zero-order valence-electron chi connectivity index (χ0n) is 18.9. The molecule has 0 spiro atoms. The minimum atomic E-state index is -1.17. The Balaban J connectivity index is 0.00000149. The molecular formula is C23H28F3N5O2. The van der Waals surface area contributed by atoms with Gasteiger partial charge in [-0.2, -0.15) is 0 Å². The largest absolute Gasteiger partial charge is 0.403 e. The maximum Gasteiger partial charge on any atom is 0.315 e. The summed E-state index contributed by atoms with van der Waals surface area (Å²) in [6.07, 6.45) is 0. The van der Waals surface area contributed by atoms with Crippen LogP contribution in [0.4, 0.5) is 30.6 Å². The maximum absolute atomic E-state index is 14.6. The lowest BCUT2D eigenvalue weighted by Crippen LogP contribution is -2.39. The summed E-state index contributed by atoms with van der Waals surface area (Å²) in [5, 5.41) is 13.5. The minimum Gasteiger partial charge on any atom is -0.403 e. The van der Waals surface area contributed by atoms with Crippen molar-refractivity contribution in [1.82, 2.24) is 15.1 Å². The van der Waals surface area contributed by atoms with Gasteiger partial charge in [0.25, 0.3) is 5.89 Å². The quantitative estimate of drug-likeness (QED) is 0.512.